The van der Waals surface area contributed by atoms with Crippen molar-refractivity contribution in [3.63, 3.8) is 0 Å². The predicted molar refractivity (Wildman–Crippen MR) is 174 cm³/mol. The quantitative estimate of drug-likeness (QED) is 0.211. The molecule has 0 radical (unpaired) electrons. The summed E-state index contributed by atoms with van der Waals surface area (Å²) in [6, 6.07) is 28.4. The van der Waals surface area contributed by atoms with Gasteiger partial charge in [-0.2, -0.15) is 0 Å². The number of amides is 2. The number of carbonyl (C=O) groups is 2. The van der Waals surface area contributed by atoms with Crippen LogP contribution < -0.4 is 9.64 Å². The smallest absolute Gasteiger partial charge is 0.238 e. The van der Waals surface area contributed by atoms with Crippen LogP contribution in [0.5, 0.6) is 11.5 Å². The molecule has 0 unspecified atom stereocenters. The second-order valence-electron chi connectivity index (χ2n) is 14.3. The first-order valence-electron chi connectivity index (χ1n) is 15.0. The van der Waals surface area contributed by atoms with Crippen molar-refractivity contribution >= 4 is 33.4 Å². The second-order valence-corrected chi connectivity index (χ2v) is 15.2. The van der Waals surface area contributed by atoms with Crippen LogP contribution in [0.25, 0.3) is 0 Å². The van der Waals surface area contributed by atoms with Crippen LogP contribution >= 0.6 is 15.9 Å². The molecule has 4 aromatic carbocycles. The van der Waals surface area contributed by atoms with Crippen molar-refractivity contribution in [3.8, 4) is 11.5 Å². The molecular weight excluding hydrogens is 598 g/mol. The molecule has 5 heteroatoms. The van der Waals surface area contributed by atoms with E-state index in [0.29, 0.717) is 17.2 Å². The SMILES string of the molecule is CC(C)(C)c1ccc2c(c1)[C@H]1c3ccc(C(C)(C)C)cc3[C@H]2[C@@H]2C(=O)N(c3ccc(Oc4ccc(Br)cc4)cc3)C(=O)[C@@H]12. The lowest BCUT2D eigenvalue weighted by Crippen LogP contribution is -2.42. The van der Waals surface area contributed by atoms with E-state index in [0.717, 1.165) is 4.47 Å². The van der Waals surface area contributed by atoms with E-state index in [4.69, 9.17) is 4.74 Å². The van der Waals surface area contributed by atoms with Gasteiger partial charge in [0.05, 0.1) is 17.5 Å². The zero-order valence-corrected chi connectivity index (χ0v) is 27.0. The van der Waals surface area contributed by atoms with Crippen LogP contribution in [0.1, 0.15) is 86.8 Å². The third-order valence-electron chi connectivity index (χ3n) is 9.51. The second kappa shape index (κ2) is 9.65. The van der Waals surface area contributed by atoms with Gasteiger partial charge in [0, 0.05) is 16.3 Å². The van der Waals surface area contributed by atoms with Gasteiger partial charge in [-0.3, -0.25) is 9.59 Å². The van der Waals surface area contributed by atoms with Gasteiger partial charge in [-0.15, -0.1) is 0 Å². The summed E-state index contributed by atoms with van der Waals surface area (Å²) in [6.07, 6.45) is 0. The number of hydrogen-bond donors (Lipinski definition) is 0. The van der Waals surface area contributed by atoms with E-state index in [1.165, 1.54) is 38.3 Å². The highest BCUT2D eigenvalue weighted by Crippen LogP contribution is 2.62. The molecule has 3 aliphatic carbocycles. The fraction of sp³-hybridized carbons (Fsp3) is 0.316. The number of carbonyl (C=O) groups excluding carboxylic acids is 2. The highest BCUT2D eigenvalue weighted by molar-refractivity contribution is 9.10. The Kier molecular flexibility index (Phi) is 6.31. The van der Waals surface area contributed by atoms with Gasteiger partial charge in [-0.05, 0) is 92.7 Å². The topological polar surface area (TPSA) is 46.6 Å². The van der Waals surface area contributed by atoms with Crippen molar-refractivity contribution in [1.82, 2.24) is 0 Å². The number of anilines is 1. The fourth-order valence-corrected chi connectivity index (χ4v) is 7.53. The zero-order valence-electron chi connectivity index (χ0n) is 25.4. The lowest BCUT2D eigenvalue weighted by Gasteiger charge is -2.47. The van der Waals surface area contributed by atoms with E-state index in [9.17, 15) is 9.59 Å². The van der Waals surface area contributed by atoms with E-state index < -0.39 is 11.8 Å². The van der Waals surface area contributed by atoms with Crippen LogP contribution in [0, 0.1) is 11.8 Å². The van der Waals surface area contributed by atoms with Crippen molar-refractivity contribution in [2.75, 3.05) is 4.90 Å². The van der Waals surface area contributed by atoms with Gasteiger partial charge in [0.2, 0.25) is 11.8 Å². The summed E-state index contributed by atoms with van der Waals surface area (Å²) >= 11 is 3.45. The Hall–Kier alpha value is -3.70. The lowest BCUT2D eigenvalue weighted by molar-refractivity contribution is -0.122. The summed E-state index contributed by atoms with van der Waals surface area (Å²) in [5, 5.41) is 0. The molecule has 1 fully saturated rings. The van der Waals surface area contributed by atoms with Gasteiger partial charge in [0.1, 0.15) is 11.5 Å². The van der Waals surface area contributed by atoms with Crippen molar-refractivity contribution in [3.05, 3.63) is 123 Å². The third kappa shape index (κ3) is 4.47. The first-order valence-corrected chi connectivity index (χ1v) is 15.8. The molecule has 43 heavy (non-hydrogen) atoms. The van der Waals surface area contributed by atoms with E-state index in [1.807, 2.05) is 48.5 Å². The Morgan fingerprint density at radius 2 is 1.00 bits per heavy atom. The van der Waals surface area contributed by atoms with Crippen molar-refractivity contribution in [2.45, 2.75) is 64.2 Å². The van der Waals surface area contributed by atoms with E-state index in [-0.39, 0.29) is 34.5 Å². The number of benzene rings is 4. The lowest BCUT2D eigenvalue weighted by atomic mass is 9.54. The van der Waals surface area contributed by atoms with E-state index in [1.54, 1.807) is 0 Å². The molecule has 0 aromatic heterocycles. The molecule has 2 bridgehead atoms. The molecule has 218 valence electrons. The summed E-state index contributed by atoms with van der Waals surface area (Å²) in [4.78, 5) is 30.1. The molecule has 0 saturated carbocycles. The summed E-state index contributed by atoms with van der Waals surface area (Å²) in [5.74, 6) is -0.0132. The molecule has 0 N–H and O–H groups in total. The van der Waals surface area contributed by atoms with Crippen LogP contribution in [0.4, 0.5) is 5.69 Å². The molecule has 4 aromatic rings. The predicted octanol–water partition coefficient (Wildman–Crippen LogP) is 9.23. The fourth-order valence-electron chi connectivity index (χ4n) is 7.27. The average molecular weight is 635 g/mol. The van der Waals surface area contributed by atoms with Crippen molar-refractivity contribution < 1.29 is 14.3 Å². The number of ether oxygens (including phenoxy) is 1. The van der Waals surface area contributed by atoms with Gasteiger partial charge in [-0.1, -0.05) is 93.9 Å². The number of rotatable bonds is 3. The van der Waals surface area contributed by atoms with Crippen molar-refractivity contribution in [1.29, 1.82) is 0 Å². The van der Waals surface area contributed by atoms with Crippen LogP contribution in [0.2, 0.25) is 0 Å². The Bertz CT molecular complexity index is 1690. The first kappa shape index (κ1) is 28.1. The van der Waals surface area contributed by atoms with E-state index >= 15 is 0 Å². The number of halogens is 1. The van der Waals surface area contributed by atoms with Gasteiger partial charge in [0.25, 0.3) is 0 Å². The van der Waals surface area contributed by atoms with E-state index in [2.05, 4.69) is 93.9 Å². The normalized spacial score (nSPS) is 22.3. The molecule has 4 aliphatic rings. The molecule has 1 saturated heterocycles. The highest BCUT2D eigenvalue weighted by atomic mass is 79.9. The van der Waals surface area contributed by atoms with Crippen LogP contribution in [-0.4, -0.2) is 11.8 Å². The minimum Gasteiger partial charge on any atom is -0.457 e. The number of nitrogens with zero attached hydrogens (tertiary/aromatic N) is 1. The minimum absolute atomic E-state index is 0.0222. The van der Waals surface area contributed by atoms with Gasteiger partial charge in [0.15, 0.2) is 0 Å². The van der Waals surface area contributed by atoms with Crippen LogP contribution in [-0.2, 0) is 20.4 Å². The van der Waals surface area contributed by atoms with Crippen LogP contribution in [0.15, 0.2) is 89.4 Å². The van der Waals surface area contributed by atoms with Gasteiger partial charge < -0.3 is 4.74 Å². The maximum absolute atomic E-state index is 14.3. The largest absolute Gasteiger partial charge is 0.457 e. The van der Waals surface area contributed by atoms with Gasteiger partial charge >= 0.3 is 0 Å². The molecular formula is C38H36BrNO3. The van der Waals surface area contributed by atoms with Crippen LogP contribution in [0.3, 0.4) is 0 Å². The Morgan fingerprint density at radius 3 is 1.42 bits per heavy atom. The van der Waals surface area contributed by atoms with Gasteiger partial charge in [-0.25, -0.2) is 4.90 Å². The highest BCUT2D eigenvalue weighted by Gasteiger charge is 2.62. The average Bonchev–Trinajstić information content (AvgIpc) is 3.23. The minimum atomic E-state index is -0.424. The van der Waals surface area contributed by atoms with Crippen molar-refractivity contribution in [2.24, 2.45) is 11.8 Å². The summed E-state index contributed by atoms with van der Waals surface area (Å²) in [5.41, 5.74) is 7.84. The maximum Gasteiger partial charge on any atom is 0.238 e. The Balaban J connectivity index is 1.30. The number of hydrogen-bond acceptors (Lipinski definition) is 3. The summed E-state index contributed by atoms with van der Waals surface area (Å²) < 4.78 is 6.97. The molecule has 1 aliphatic heterocycles. The molecule has 0 spiro atoms. The Labute approximate surface area is 262 Å². The summed E-state index contributed by atoms with van der Waals surface area (Å²) in [6.45, 7) is 13.3. The monoisotopic (exact) mass is 633 g/mol. The number of imide groups is 1. The third-order valence-corrected chi connectivity index (χ3v) is 10.0. The maximum atomic E-state index is 14.3. The zero-order chi connectivity index (χ0) is 30.4. The summed E-state index contributed by atoms with van der Waals surface area (Å²) in [7, 11) is 0. The molecule has 4 nitrogen and oxygen atoms in total. The molecule has 1 heterocycles. The molecule has 2 amide bonds. The molecule has 4 atom stereocenters. The Morgan fingerprint density at radius 1 is 0.581 bits per heavy atom. The molecule has 8 rings (SSSR count). The first-order chi connectivity index (χ1) is 20.3. The standard InChI is InChI=1S/C38H36BrNO3/c1-37(2,3)21-7-17-27-29(19-21)31-28-18-8-22(38(4,5)6)20-30(28)32(27)34-33(31)35(41)40(36(34)42)24-11-15-26(16-12-24)43-25-13-9-23(39)10-14-25/h7-20,31-34H,1-6H3/t31-,32+,33-,34-/m0/s1.